The first-order valence-electron chi connectivity index (χ1n) is 3.99. The van der Waals surface area contributed by atoms with Crippen molar-refractivity contribution in [3.63, 3.8) is 0 Å². The molecular weight excluding hydrogens is 179 g/mol. The lowest BCUT2D eigenvalue weighted by atomic mass is 9.98. The van der Waals surface area contributed by atoms with Gasteiger partial charge < -0.3 is 4.74 Å². The molecule has 0 saturated carbocycles. The molecule has 66 valence electrons. The van der Waals surface area contributed by atoms with Gasteiger partial charge >= 0.3 is 0 Å². The van der Waals surface area contributed by atoms with Gasteiger partial charge in [0.05, 0.1) is 11.9 Å². The molecule has 1 saturated heterocycles. The van der Waals surface area contributed by atoms with Crippen LogP contribution in [0.2, 0.25) is 0 Å². The lowest BCUT2D eigenvalue weighted by Crippen LogP contribution is -2.24. The van der Waals surface area contributed by atoms with E-state index in [1.807, 2.05) is 0 Å². The molecule has 1 nitrogen and oxygen atoms in total. The van der Waals surface area contributed by atoms with E-state index >= 15 is 0 Å². The average molecular weight is 195 g/mol. The molecule has 3 unspecified atom stereocenters. The van der Waals surface area contributed by atoms with Crippen molar-refractivity contribution in [3.05, 3.63) is 0 Å². The minimum atomic E-state index is -0.406. The van der Waals surface area contributed by atoms with Gasteiger partial charge in [-0.25, -0.2) is 0 Å². The van der Waals surface area contributed by atoms with E-state index in [9.17, 15) is 0 Å². The fraction of sp³-hybridized carbons (Fsp3) is 1.00. The Labute approximate surface area is 75.0 Å². The van der Waals surface area contributed by atoms with Gasteiger partial charge in [0.15, 0.2) is 0 Å². The maximum Gasteiger partial charge on any atom is 0.0960 e. The topological polar surface area (TPSA) is 9.23 Å². The highest BCUT2D eigenvalue weighted by Gasteiger charge is 2.39. The third-order valence-corrected chi connectivity index (χ3v) is 5.00. The van der Waals surface area contributed by atoms with E-state index in [4.69, 9.17) is 16.0 Å². The van der Waals surface area contributed by atoms with Crippen LogP contribution >= 0.6 is 18.5 Å². The van der Waals surface area contributed by atoms with Crippen LogP contribution in [0.4, 0.5) is 0 Å². The summed E-state index contributed by atoms with van der Waals surface area (Å²) in [6.45, 7) is 8.66. The third kappa shape index (κ3) is 2.31. The molecule has 0 amide bonds. The van der Waals surface area contributed by atoms with Crippen LogP contribution in [0.3, 0.4) is 0 Å². The van der Waals surface area contributed by atoms with Crippen molar-refractivity contribution >= 4 is 18.5 Å². The molecule has 1 rings (SSSR count). The molecule has 1 heterocycles. The second-order valence-corrected chi connectivity index (χ2v) is 7.18. The van der Waals surface area contributed by atoms with Gasteiger partial charge in [-0.3, -0.25) is 0 Å². The normalized spacial score (nSPS) is 39.5. The van der Waals surface area contributed by atoms with E-state index in [-0.39, 0.29) is 11.3 Å². The molecule has 0 aliphatic carbocycles. The van der Waals surface area contributed by atoms with Crippen LogP contribution in [0, 0.1) is 5.41 Å². The van der Waals surface area contributed by atoms with Gasteiger partial charge in [0.25, 0.3) is 0 Å². The van der Waals surface area contributed by atoms with Crippen LogP contribution in [0.1, 0.15) is 27.7 Å². The van der Waals surface area contributed by atoms with Gasteiger partial charge in [0.2, 0.25) is 0 Å². The Balaban J connectivity index is 2.60. The van der Waals surface area contributed by atoms with Gasteiger partial charge in [0.1, 0.15) is 0 Å². The van der Waals surface area contributed by atoms with Crippen LogP contribution in [0.15, 0.2) is 0 Å². The van der Waals surface area contributed by atoms with Crippen molar-refractivity contribution in [1.29, 1.82) is 0 Å². The Kier molecular flexibility index (Phi) is 2.84. The summed E-state index contributed by atoms with van der Waals surface area (Å²) in [4.78, 5) is 0. The Morgan fingerprint density at radius 2 is 2.00 bits per heavy atom. The fourth-order valence-corrected chi connectivity index (χ4v) is 4.84. The van der Waals surface area contributed by atoms with Gasteiger partial charge in [-0.1, -0.05) is 32.0 Å². The second kappa shape index (κ2) is 3.20. The lowest BCUT2D eigenvalue weighted by molar-refractivity contribution is 0.0199. The SMILES string of the molecule is CC1CP(Cl)C(C(C)(C)C)O1. The standard InChI is InChI=1S/C8H16ClOP/c1-6-5-11(9)7(10-6)8(2,3)4/h6-7H,5H2,1-4H3. The van der Waals surface area contributed by atoms with Crippen LogP contribution in [-0.2, 0) is 4.74 Å². The summed E-state index contributed by atoms with van der Waals surface area (Å²) < 4.78 is 5.73. The largest absolute Gasteiger partial charge is 0.369 e. The molecule has 0 aromatic carbocycles. The summed E-state index contributed by atoms with van der Waals surface area (Å²) in [5.41, 5.74) is 0.207. The van der Waals surface area contributed by atoms with E-state index in [0.29, 0.717) is 6.10 Å². The molecule has 0 bridgehead atoms. The van der Waals surface area contributed by atoms with Crippen molar-refractivity contribution in [2.45, 2.75) is 39.6 Å². The van der Waals surface area contributed by atoms with Crippen LogP contribution in [0.5, 0.6) is 0 Å². The molecule has 0 N–H and O–H groups in total. The maximum atomic E-state index is 6.20. The van der Waals surface area contributed by atoms with E-state index in [0.717, 1.165) is 6.16 Å². The number of rotatable bonds is 0. The number of halogens is 1. The van der Waals surface area contributed by atoms with Gasteiger partial charge in [0, 0.05) is 13.4 Å². The van der Waals surface area contributed by atoms with Crippen molar-refractivity contribution in [2.24, 2.45) is 5.41 Å². The monoisotopic (exact) mass is 194 g/mol. The summed E-state index contributed by atoms with van der Waals surface area (Å²) in [5.74, 6) is 0.286. The van der Waals surface area contributed by atoms with Crippen molar-refractivity contribution in [3.8, 4) is 0 Å². The Morgan fingerprint density at radius 3 is 2.18 bits per heavy atom. The molecule has 0 aromatic rings. The van der Waals surface area contributed by atoms with Crippen LogP contribution < -0.4 is 0 Å². The van der Waals surface area contributed by atoms with Crippen molar-refractivity contribution in [2.75, 3.05) is 6.16 Å². The minimum Gasteiger partial charge on any atom is -0.369 e. The quantitative estimate of drug-likeness (QED) is 0.537. The van der Waals surface area contributed by atoms with E-state index in [1.54, 1.807) is 0 Å². The average Bonchev–Trinajstić information content (AvgIpc) is 2.08. The molecule has 0 radical (unpaired) electrons. The Morgan fingerprint density at radius 1 is 1.45 bits per heavy atom. The summed E-state index contributed by atoms with van der Waals surface area (Å²) >= 11 is 6.20. The molecule has 0 aromatic heterocycles. The predicted octanol–water partition coefficient (Wildman–Crippen LogP) is 3.41. The number of hydrogen-bond donors (Lipinski definition) is 0. The second-order valence-electron chi connectivity index (χ2n) is 4.25. The fourth-order valence-electron chi connectivity index (χ4n) is 1.29. The first-order chi connectivity index (χ1) is 4.91. The maximum absolute atomic E-state index is 6.20. The van der Waals surface area contributed by atoms with Crippen LogP contribution in [-0.4, -0.2) is 18.1 Å². The molecule has 1 aliphatic heterocycles. The van der Waals surface area contributed by atoms with Gasteiger partial charge in [-0.05, 0) is 12.3 Å². The summed E-state index contributed by atoms with van der Waals surface area (Å²) in [6.07, 6.45) is 1.42. The highest BCUT2D eigenvalue weighted by molar-refractivity contribution is 7.84. The van der Waals surface area contributed by atoms with Crippen molar-refractivity contribution in [1.82, 2.24) is 0 Å². The molecule has 3 atom stereocenters. The zero-order chi connectivity index (χ0) is 8.65. The number of hydrogen-bond acceptors (Lipinski definition) is 1. The summed E-state index contributed by atoms with van der Waals surface area (Å²) in [5, 5.41) is 0. The summed E-state index contributed by atoms with van der Waals surface area (Å²) in [7, 11) is -0.406. The smallest absolute Gasteiger partial charge is 0.0960 e. The molecule has 11 heavy (non-hydrogen) atoms. The molecule has 1 aliphatic rings. The molecule has 0 spiro atoms. The zero-order valence-corrected chi connectivity index (χ0v) is 9.25. The van der Waals surface area contributed by atoms with E-state index in [1.165, 1.54) is 0 Å². The molecule has 3 heteroatoms. The Hall–Kier alpha value is 0.680. The first-order valence-corrected chi connectivity index (χ1v) is 6.49. The first kappa shape index (κ1) is 9.77. The predicted molar refractivity (Wildman–Crippen MR) is 51.4 cm³/mol. The van der Waals surface area contributed by atoms with Gasteiger partial charge in [-0.2, -0.15) is 0 Å². The van der Waals surface area contributed by atoms with E-state index < -0.39 is 7.27 Å². The summed E-state index contributed by atoms with van der Waals surface area (Å²) in [6, 6.07) is 0. The third-order valence-electron chi connectivity index (χ3n) is 1.79. The van der Waals surface area contributed by atoms with Crippen molar-refractivity contribution < 1.29 is 4.74 Å². The Bertz CT molecular complexity index is 144. The number of ether oxygens (including phenoxy) is 1. The van der Waals surface area contributed by atoms with E-state index in [2.05, 4.69) is 27.7 Å². The molecular formula is C8H16ClOP. The zero-order valence-electron chi connectivity index (χ0n) is 7.60. The highest BCUT2D eigenvalue weighted by atomic mass is 35.7. The highest BCUT2D eigenvalue weighted by Crippen LogP contribution is 2.58. The van der Waals surface area contributed by atoms with Gasteiger partial charge in [-0.15, -0.1) is 0 Å². The van der Waals surface area contributed by atoms with Crippen LogP contribution in [0.25, 0.3) is 0 Å². The minimum absolute atomic E-state index is 0.207. The lowest BCUT2D eigenvalue weighted by Gasteiger charge is -2.28. The molecule has 1 fully saturated rings.